The molecule has 23 heavy (non-hydrogen) atoms. The smallest absolute Gasteiger partial charge is 0.288 e. The summed E-state index contributed by atoms with van der Waals surface area (Å²) >= 11 is 0. The zero-order chi connectivity index (χ0) is 17.4. The van der Waals surface area contributed by atoms with Crippen LogP contribution in [0.4, 0.5) is 13.2 Å². The molecule has 0 bridgehead atoms. The number of halogens is 3. The van der Waals surface area contributed by atoms with Crippen LogP contribution in [0.25, 0.3) is 10.8 Å². The molecule has 3 rings (SSSR count). The summed E-state index contributed by atoms with van der Waals surface area (Å²) in [4.78, 5) is 22.9. The minimum absolute atomic E-state index is 0.299. The van der Waals surface area contributed by atoms with Gasteiger partial charge in [0.1, 0.15) is 0 Å². The first-order valence-electron chi connectivity index (χ1n) is 5.93. The highest BCUT2D eigenvalue weighted by molar-refractivity contribution is 7.86. The van der Waals surface area contributed by atoms with Crippen LogP contribution in [0.5, 0.6) is 0 Å². The normalized spacial score (nSPS) is 14.1. The number of alkyl halides is 3. The van der Waals surface area contributed by atoms with Gasteiger partial charge in [0.15, 0.2) is 0 Å². The largest absolute Gasteiger partial charge is 0.522 e. The Morgan fingerprint density at radius 2 is 1.52 bits per heavy atom. The van der Waals surface area contributed by atoms with Gasteiger partial charge in [0.25, 0.3) is 11.8 Å². The van der Waals surface area contributed by atoms with Gasteiger partial charge in [-0.25, -0.2) is 0 Å². The number of carbonyl (C=O) groups is 2. The number of hydrogen-bond acceptors (Lipinski definition) is 4. The van der Waals surface area contributed by atoms with Crippen LogP contribution >= 0.6 is 0 Å². The van der Waals surface area contributed by atoms with E-state index in [9.17, 15) is 22.8 Å². The molecule has 6 nitrogen and oxygen atoms in total. The van der Waals surface area contributed by atoms with Crippen molar-refractivity contribution in [1.29, 1.82) is 0 Å². The molecule has 0 aromatic heterocycles. The molecule has 2 aromatic carbocycles. The first-order valence-corrected chi connectivity index (χ1v) is 7.37. The highest BCUT2D eigenvalue weighted by Crippen LogP contribution is 2.25. The number of hydrogen-bond donors (Lipinski definition) is 2. The second-order valence-corrected chi connectivity index (χ2v) is 5.83. The summed E-state index contributed by atoms with van der Waals surface area (Å²) in [6.45, 7) is 0. The number of imide groups is 1. The Kier molecular flexibility index (Phi) is 4.14. The fourth-order valence-electron chi connectivity index (χ4n) is 1.94. The van der Waals surface area contributed by atoms with E-state index in [0.717, 1.165) is 10.8 Å². The lowest BCUT2D eigenvalue weighted by molar-refractivity contribution is -0.0510. The van der Waals surface area contributed by atoms with E-state index < -0.39 is 15.6 Å². The van der Waals surface area contributed by atoms with Crippen molar-refractivity contribution >= 4 is 32.7 Å². The second kappa shape index (κ2) is 5.63. The maximum atomic E-state index is 11.6. The lowest BCUT2D eigenvalue weighted by Crippen LogP contribution is -2.21. The Morgan fingerprint density at radius 3 is 2.09 bits per heavy atom. The van der Waals surface area contributed by atoms with E-state index in [-0.39, 0.29) is 11.8 Å². The molecule has 10 heteroatoms. The molecule has 0 fully saturated rings. The number of amides is 2. The molecule has 2 aromatic rings. The van der Waals surface area contributed by atoms with Crippen molar-refractivity contribution in [3.63, 3.8) is 0 Å². The summed E-state index contributed by atoms with van der Waals surface area (Å²) in [5, 5.41) is 4.10. The number of carbonyl (C=O) groups excluding carboxylic acids is 2. The van der Waals surface area contributed by atoms with Crippen LogP contribution < -0.4 is 5.32 Å². The Hall–Kier alpha value is -2.46. The Morgan fingerprint density at radius 1 is 0.957 bits per heavy atom. The molecule has 0 spiro atoms. The molecule has 1 aliphatic rings. The first-order chi connectivity index (χ1) is 10.5. The van der Waals surface area contributed by atoms with E-state index in [2.05, 4.69) is 5.32 Å². The number of benzene rings is 2. The van der Waals surface area contributed by atoms with Gasteiger partial charge >= 0.3 is 15.6 Å². The van der Waals surface area contributed by atoms with Crippen LogP contribution in [0.2, 0.25) is 0 Å². The molecule has 0 aliphatic carbocycles. The minimum Gasteiger partial charge on any atom is -0.288 e. The highest BCUT2D eigenvalue weighted by atomic mass is 32.2. The van der Waals surface area contributed by atoms with Crippen molar-refractivity contribution in [2.24, 2.45) is 0 Å². The van der Waals surface area contributed by atoms with E-state index in [0.29, 0.717) is 11.1 Å². The van der Waals surface area contributed by atoms with Gasteiger partial charge < -0.3 is 0 Å². The van der Waals surface area contributed by atoms with Crippen LogP contribution in [0.1, 0.15) is 20.7 Å². The molecule has 1 aliphatic heterocycles. The summed E-state index contributed by atoms with van der Waals surface area (Å²) in [5.41, 5.74) is -4.57. The standard InChI is InChI=1S/C12H7NO2.CHF3O3S/c14-11-9-6-5-7-3-1-2-4-8(7)10(9)12(15)13-11;2-1(3,4)8(5,6)7/h1-6H,(H,13,14,15);(H,5,6,7). The SMILES string of the molecule is O=C1NC(=O)c2c1ccc1ccccc21.O=S(=O)(O)C(F)(F)F. The molecule has 0 unspecified atom stereocenters. The lowest BCUT2D eigenvalue weighted by atomic mass is 10.0. The summed E-state index contributed by atoms with van der Waals surface area (Å²) in [6.07, 6.45) is 0. The van der Waals surface area contributed by atoms with Crippen molar-refractivity contribution < 1.29 is 35.7 Å². The molecule has 0 radical (unpaired) electrons. The van der Waals surface area contributed by atoms with Crippen LogP contribution in [0, 0.1) is 0 Å². The number of rotatable bonds is 0. The van der Waals surface area contributed by atoms with Crippen molar-refractivity contribution in [1.82, 2.24) is 5.32 Å². The van der Waals surface area contributed by atoms with Gasteiger partial charge in [0.05, 0.1) is 11.1 Å². The number of nitrogens with one attached hydrogen (secondary N) is 1. The zero-order valence-electron chi connectivity index (χ0n) is 11.1. The van der Waals surface area contributed by atoms with Crippen molar-refractivity contribution in [2.45, 2.75) is 5.51 Å². The molecular formula is C13H8F3NO5S. The highest BCUT2D eigenvalue weighted by Gasteiger charge is 2.44. The van der Waals surface area contributed by atoms with Gasteiger partial charge in [-0.2, -0.15) is 21.6 Å². The third-order valence-corrected chi connectivity index (χ3v) is 3.51. The molecule has 122 valence electrons. The third kappa shape index (κ3) is 3.32. The van der Waals surface area contributed by atoms with Crippen LogP contribution in [0.15, 0.2) is 36.4 Å². The Bertz CT molecular complexity index is 905. The summed E-state index contributed by atoms with van der Waals surface area (Å²) in [6, 6.07) is 11.1. The molecule has 1 heterocycles. The monoisotopic (exact) mass is 347 g/mol. The van der Waals surface area contributed by atoms with E-state index in [4.69, 9.17) is 13.0 Å². The summed E-state index contributed by atoms with van der Waals surface area (Å²) in [5.74, 6) is -0.604. The first kappa shape index (κ1) is 16.9. The van der Waals surface area contributed by atoms with E-state index >= 15 is 0 Å². The van der Waals surface area contributed by atoms with Gasteiger partial charge in [-0.1, -0.05) is 30.3 Å². The topological polar surface area (TPSA) is 101 Å². The average molecular weight is 347 g/mol. The Balaban J connectivity index is 0.000000207. The molecule has 2 N–H and O–H groups in total. The van der Waals surface area contributed by atoms with Crippen LogP contribution in [-0.2, 0) is 10.1 Å². The lowest BCUT2D eigenvalue weighted by Gasteiger charge is -2.00. The molecular weight excluding hydrogens is 339 g/mol. The van der Waals surface area contributed by atoms with Crippen molar-refractivity contribution in [2.75, 3.05) is 0 Å². The van der Waals surface area contributed by atoms with Crippen molar-refractivity contribution in [3.05, 3.63) is 47.5 Å². The van der Waals surface area contributed by atoms with Gasteiger partial charge in [-0.15, -0.1) is 0 Å². The van der Waals surface area contributed by atoms with Gasteiger partial charge in [0.2, 0.25) is 0 Å². The summed E-state index contributed by atoms with van der Waals surface area (Å²) < 4.78 is 57.5. The van der Waals surface area contributed by atoms with E-state index in [1.54, 1.807) is 6.07 Å². The van der Waals surface area contributed by atoms with E-state index in [1.807, 2.05) is 30.3 Å². The molecule has 0 saturated heterocycles. The van der Waals surface area contributed by atoms with Crippen LogP contribution in [0.3, 0.4) is 0 Å². The maximum Gasteiger partial charge on any atom is 0.522 e. The fourth-order valence-corrected chi connectivity index (χ4v) is 1.94. The van der Waals surface area contributed by atoms with E-state index in [1.165, 1.54) is 0 Å². The fraction of sp³-hybridized carbons (Fsp3) is 0.0769. The molecule has 2 amide bonds. The predicted octanol–water partition coefficient (Wildman–Crippen LogP) is 2.12. The quantitative estimate of drug-likeness (QED) is 0.432. The minimum atomic E-state index is -5.84. The molecule has 0 atom stereocenters. The predicted molar refractivity (Wildman–Crippen MR) is 73.3 cm³/mol. The van der Waals surface area contributed by atoms with Gasteiger partial charge in [0, 0.05) is 0 Å². The van der Waals surface area contributed by atoms with Gasteiger partial charge in [-0.05, 0) is 16.8 Å². The number of fused-ring (bicyclic) bond motifs is 3. The van der Waals surface area contributed by atoms with Crippen molar-refractivity contribution in [3.8, 4) is 0 Å². The Labute approximate surface area is 127 Å². The third-order valence-electron chi connectivity index (χ3n) is 2.92. The second-order valence-electron chi connectivity index (χ2n) is 4.41. The molecule has 0 saturated carbocycles. The summed E-state index contributed by atoms with van der Waals surface area (Å²) in [7, 11) is -5.84. The average Bonchev–Trinajstić information content (AvgIpc) is 2.73. The zero-order valence-corrected chi connectivity index (χ0v) is 11.9. The van der Waals surface area contributed by atoms with Gasteiger partial charge in [-0.3, -0.25) is 19.5 Å². The maximum absolute atomic E-state index is 11.6. The van der Waals surface area contributed by atoms with Crippen LogP contribution in [-0.4, -0.2) is 30.3 Å².